The van der Waals surface area contributed by atoms with Crippen LogP contribution >= 0.6 is 0 Å². The summed E-state index contributed by atoms with van der Waals surface area (Å²) in [5, 5.41) is 6.26. The molecule has 1 spiro atoms. The number of fused-ring (bicyclic) bond motifs is 2. The second-order valence-electron chi connectivity index (χ2n) is 7.60. The molecular weight excluding hydrogens is 308 g/mol. The van der Waals surface area contributed by atoms with Gasteiger partial charge >= 0.3 is 6.03 Å². The number of rotatable bonds is 3. The van der Waals surface area contributed by atoms with Gasteiger partial charge in [-0.15, -0.1) is 0 Å². The van der Waals surface area contributed by atoms with E-state index < -0.39 is 5.54 Å². The molecule has 2 bridgehead atoms. The summed E-state index contributed by atoms with van der Waals surface area (Å²) in [6.45, 7) is 2.02. The highest BCUT2D eigenvalue weighted by atomic mass is 16.2. The second kappa shape index (κ2) is 6.02. The Morgan fingerprint density at radius 2 is 1.88 bits per heavy atom. The molecule has 3 heterocycles. The van der Waals surface area contributed by atoms with E-state index in [0.717, 1.165) is 58.0 Å². The summed E-state index contributed by atoms with van der Waals surface area (Å²) in [4.78, 5) is 40.8. The Morgan fingerprint density at radius 3 is 2.67 bits per heavy atom. The summed E-state index contributed by atoms with van der Waals surface area (Å²) in [5.74, 6) is -0.0440. The zero-order valence-corrected chi connectivity index (χ0v) is 14.1. The molecule has 4 aliphatic rings. The minimum atomic E-state index is -0.675. The first-order valence-corrected chi connectivity index (χ1v) is 9.27. The fourth-order valence-electron chi connectivity index (χ4n) is 4.92. The monoisotopic (exact) mass is 334 g/mol. The van der Waals surface area contributed by atoms with Crippen molar-refractivity contribution in [3.05, 3.63) is 0 Å². The Hall–Kier alpha value is -1.63. The van der Waals surface area contributed by atoms with Gasteiger partial charge in [-0.3, -0.25) is 14.5 Å². The molecule has 0 radical (unpaired) electrons. The lowest BCUT2D eigenvalue weighted by molar-refractivity contribution is -0.135. The average Bonchev–Trinajstić information content (AvgIpc) is 3.17. The van der Waals surface area contributed by atoms with E-state index >= 15 is 0 Å². The zero-order chi connectivity index (χ0) is 16.7. The van der Waals surface area contributed by atoms with Gasteiger partial charge in [-0.25, -0.2) is 4.79 Å². The summed E-state index contributed by atoms with van der Waals surface area (Å²) in [6.07, 6.45) is 6.76. The van der Waals surface area contributed by atoms with E-state index in [0.29, 0.717) is 6.04 Å². The van der Waals surface area contributed by atoms with Crippen LogP contribution in [0.1, 0.15) is 51.4 Å². The molecule has 132 valence electrons. The van der Waals surface area contributed by atoms with E-state index in [9.17, 15) is 14.4 Å². The largest absolute Gasteiger partial charge is 0.335 e. The quantitative estimate of drug-likeness (QED) is 0.740. The number of nitrogens with zero attached hydrogens (tertiary/aromatic N) is 2. The van der Waals surface area contributed by atoms with E-state index in [1.54, 1.807) is 0 Å². The Balaban J connectivity index is 1.39. The zero-order valence-electron chi connectivity index (χ0n) is 14.1. The number of hydrogen-bond donors (Lipinski definition) is 2. The van der Waals surface area contributed by atoms with Crippen molar-refractivity contribution in [2.45, 2.75) is 69.0 Å². The number of imide groups is 1. The molecular formula is C17H26N4O3. The first-order chi connectivity index (χ1) is 11.6. The molecule has 4 fully saturated rings. The third-order valence-electron chi connectivity index (χ3n) is 6.19. The number of amides is 4. The fraction of sp³-hybridized carbons (Fsp3) is 0.824. The highest BCUT2D eigenvalue weighted by molar-refractivity contribution is 6.07. The number of hydrogen-bond acceptors (Lipinski definition) is 4. The summed E-state index contributed by atoms with van der Waals surface area (Å²) in [5.41, 5.74) is -0.675. The maximum atomic E-state index is 12.7. The van der Waals surface area contributed by atoms with E-state index in [2.05, 4.69) is 10.6 Å². The Labute approximate surface area is 142 Å². The molecule has 3 saturated heterocycles. The van der Waals surface area contributed by atoms with Gasteiger partial charge in [0.25, 0.3) is 5.91 Å². The lowest BCUT2D eigenvalue weighted by Gasteiger charge is -2.28. The topological polar surface area (TPSA) is 81.8 Å². The lowest BCUT2D eigenvalue weighted by atomic mass is 9.98. The van der Waals surface area contributed by atoms with E-state index in [1.165, 1.54) is 4.90 Å². The highest BCUT2D eigenvalue weighted by Gasteiger charge is 2.52. The predicted molar refractivity (Wildman–Crippen MR) is 87.2 cm³/mol. The number of urea groups is 1. The molecule has 0 aromatic carbocycles. The van der Waals surface area contributed by atoms with Crippen molar-refractivity contribution in [2.24, 2.45) is 0 Å². The second-order valence-corrected chi connectivity index (χ2v) is 7.60. The van der Waals surface area contributed by atoms with Crippen molar-refractivity contribution >= 4 is 17.8 Å². The van der Waals surface area contributed by atoms with Gasteiger partial charge in [0.1, 0.15) is 5.54 Å². The van der Waals surface area contributed by atoms with Gasteiger partial charge in [-0.1, -0.05) is 12.8 Å². The fourth-order valence-corrected chi connectivity index (χ4v) is 4.92. The molecule has 4 amide bonds. The van der Waals surface area contributed by atoms with Gasteiger partial charge in [0.2, 0.25) is 5.91 Å². The number of carbonyl (C=O) groups excluding carboxylic acids is 3. The minimum absolute atomic E-state index is 0.0826. The Kier molecular flexibility index (Phi) is 3.98. The van der Waals surface area contributed by atoms with Gasteiger partial charge in [-0.05, 0) is 38.6 Å². The van der Waals surface area contributed by atoms with Gasteiger partial charge in [0, 0.05) is 31.6 Å². The maximum Gasteiger partial charge on any atom is 0.325 e. The van der Waals surface area contributed by atoms with E-state index in [1.807, 2.05) is 4.90 Å². The van der Waals surface area contributed by atoms with Crippen LogP contribution < -0.4 is 10.6 Å². The molecule has 4 rings (SSSR count). The lowest BCUT2D eigenvalue weighted by Crippen LogP contribution is -2.45. The third kappa shape index (κ3) is 2.49. The summed E-state index contributed by atoms with van der Waals surface area (Å²) in [7, 11) is 0. The van der Waals surface area contributed by atoms with Crippen molar-refractivity contribution in [2.75, 3.05) is 19.6 Å². The van der Waals surface area contributed by atoms with Crippen molar-refractivity contribution < 1.29 is 14.4 Å². The van der Waals surface area contributed by atoms with Crippen LogP contribution in [-0.4, -0.2) is 64.9 Å². The van der Waals surface area contributed by atoms with Crippen LogP contribution in [0, 0.1) is 0 Å². The molecule has 7 nitrogen and oxygen atoms in total. The summed E-state index contributed by atoms with van der Waals surface area (Å²) in [6, 6.07) is 0.270. The van der Waals surface area contributed by atoms with Gasteiger partial charge in [-0.2, -0.15) is 0 Å². The minimum Gasteiger partial charge on any atom is -0.335 e. The molecule has 0 aromatic heterocycles. The average molecular weight is 334 g/mol. The van der Waals surface area contributed by atoms with Crippen molar-refractivity contribution in [1.82, 2.24) is 20.4 Å². The SMILES string of the molecule is O=C1NC2(CCCC2)C(=O)N1CCC(=O)N1C2CCNCC1CC2. The molecule has 1 saturated carbocycles. The van der Waals surface area contributed by atoms with Crippen LogP contribution in [0.5, 0.6) is 0 Å². The van der Waals surface area contributed by atoms with Gasteiger partial charge < -0.3 is 15.5 Å². The van der Waals surface area contributed by atoms with Crippen molar-refractivity contribution in [3.8, 4) is 0 Å². The smallest absolute Gasteiger partial charge is 0.325 e. The molecule has 1 aliphatic carbocycles. The molecule has 7 heteroatoms. The highest BCUT2D eigenvalue weighted by Crippen LogP contribution is 2.35. The first kappa shape index (κ1) is 15.9. The van der Waals surface area contributed by atoms with Gasteiger partial charge in [0.15, 0.2) is 0 Å². The van der Waals surface area contributed by atoms with Crippen LogP contribution in [0.15, 0.2) is 0 Å². The van der Waals surface area contributed by atoms with Crippen molar-refractivity contribution in [1.29, 1.82) is 0 Å². The summed E-state index contributed by atoms with van der Waals surface area (Å²) < 4.78 is 0. The van der Waals surface area contributed by atoms with Crippen LogP contribution in [-0.2, 0) is 9.59 Å². The van der Waals surface area contributed by atoms with Crippen LogP contribution in [0.4, 0.5) is 4.79 Å². The number of carbonyl (C=O) groups is 3. The Bertz CT molecular complexity index is 544. The molecule has 2 atom stereocenters. The standard InChI is InChI=1S/C17H26N4O3/c22-14(21-12-3-4-13(21)11-18-9-5-12)6-10-20-15(23)17(19-16(20)24)7-1-2-8-17/h12-13,18H,1-11H2,(H,19,24). The van der Waals surface area contributed by atoms with Crippen molar-refractivity contribution in [3.63, 3.8) is 0 Å². The molecule has 2 N–H and O–H groups in total. The van der Waals surface area contributed by atoms with Crippen LogP contribution in [0.25, 0.3) is 0 Å². The van der Waals surface area contributed by atoms with E-state index in [4.69, 9.17) is 0 Å². The van der Waals surface area contributed by atoms with Crippen LogP contribution in [0.2, 0.25) is 0 Å². The third-order valence-corrected chi connectivity index (χ3v) is 6.19. The normalized spacial score (nSPS) is 31.7. The maximum absolute atomic E-state index is 12.7. The molecule has 24 heavy (non-hydrogen) atoms. The van der Waals surface area contributed by atoms with Gasteiger partial charge in [0.05, 0.1) is 0 Å². The van der Waals surface area contributed by atoms with E-state index in [-0.39, 0.29) is 36.9 Å². The molecule has 3 aliphatic heterocycles. The summed E-state index contributed by atoms with van der Waals surface area (Å²) >= 11 is 0. The molecule has 2 unspecified atom stereocenters. The predicted octanol–water partition coefficient (Wildman–Crippen LogP) is 0.594. The number of nitrogens with one attached hydrogen (secondary N) is 2. The first-order valence-electron chi connectivity index (χ1n) is 9.27. The molecule has 0 aromatic rings. The Morgan fingerprint density at radius 1 is 1.12 bits per heavy atom. The van der Waals surface area contributed by atoms with Crippen LogP contribution in [0.3, 0.4) is 0 Å².